The highest BCUT2D eigenvalue weighted by atomic mass is 32.2. The van der Waals surface area contributed by atoms with E-state index in [-0.39, 0.29) is 23.5 Å². The molecule has 5 nitrogen and oxygen atoms in total. The van der Waals surface area contributed by atoms with Gasteiger partial charge in [-0.3, -0.25) is 4.79 Å². The van der Waals surface area contributed by atoms with Crippen LogP contribution in [-0.4, -0.2) is 36.2 Å². The van der Waals surface area contributed by atoms with Crippen LogP contribution < -0.4 is 5.32 Å². The molecule has 7 heteroatoms. The molecule has 1 aliphatic heterocycles. The van der Waals surface area contributed by atoms with E-state index in [0.29, 0.717) is 17.7 Å². The van der Waals surface area contributed by atoms with E-state index in [1.54, 1.807) is 12.3 Å². The smallest absolute Gasteiger partial charge is 0.254 e. The normalized spacial score (nSPS) is 23.2. The Morgan fingerprint density at radius 1 is 1.62 bits per heavy atom. The minimum atomic E-state index is -2.95. The first-order valence-corrected chi connectivity index (χ1v) is 7.56. The van der Waals surface area contributed by atoms with Gasteiger partial charge in [0.25, 0.3) is 5.91 Å². The zero-order valence-corrected chi connectivity index (χ0v) is 10.4. The molecule has 1 N–H and O–H groups in total. The molecule has 88 valence electrons. The number of aryl methyl sites for hydroxylation is 1. The van der Waals surface area contributed by atoms with Crippen molar-refractivity contribution >= 4 is 27.3 Å². The molecule has 1 saturated heterocycles. The second-order valence-electron chi connectivity index (χ2n) is 3.89. The maximum Gasteiger partial charge on any atom is 0.254 e. The number of sulfone groups is 1. The standard InChI is InChI=1S/C9H12N2O3S2/c1-6-8(4-15-11-6)9(12)10-7-2-3-16(13,14)5-7/h4,7H,2-3,5H2,1H3,(H,10,12). The Morgan fingerprint density at radius 3 is 2.88 bits per heavy atom. The largest absolute Gasteiger partial charge is 0.348 e. The molecule has 2 heterocycles. The Hall–Kier alpha value is -0.950. The van der Waals surface area contributed by atoms with Crippen LogP contribution in [-0.2, 0) is 9.84 Å². The predicted molar refractivity (Wildman–Crippen MR) is 61.4 cm³/mol. The average molecular weight is 260 g/mol. The molecule has 1 aliphatic rings. The van der Waals surface area contributed by atoms with Gasteiger partial charge in [0.2, 0.25) is 0 Å². The third-order valence-corrected chi connectivity index (χ3v) is 5.05. The SMILES string of the molecule is Cc1nscc1C(=O)NC1CCS(=O)(=O)C1. The molecule has 0 spiro atoms. The Morgan fingerprint density at radius 2 is 2.38 bits per heavy atom. The summed E-state index contributed by atoms with van der Waals surface area (Å²) in [4.78, 5) is 11.8. The maximum atomic E-state index is 11.8. The van der Waals surface area contributed by atoms with Crippen molar-refractivity contribution in [2.75, 3.05) is 11.5 Å². The minimum absolute atomic E-state index is 0.0509. The summed E-state index contributed by atoms with van der Waals surface area (Å²) < 4.78 is 26.4. The molecule has 0 aromatic carbocycles. The summed E-state index contributed by atoms with van der Waals surface area (Å²) in [6, 6.07) is -0.253. The number of rotatable bonds is 2. The van der Waals surface area contributed by atoms with Crippen molar-refractivity contribution in [3.8, 4) is 0 Å². The van der Waals surface area contributed by atoms with Crippen molar-refractivity contribution in [2.24, 2.45) is 0 Å². The number of nitrogens with zero attached hydrogens (tertiary/aromatic N) is 1. The van der Waals surface area contributed by atoms with Crippen LogP contribution in [0.25, 0.3) is 0 Å². The highest BCUT2D eigenvalue weighted by Gasteiger charge is 2.29. The lowest BCUT2D eigenvalue weighted by Crippen LogP contribution is -2.35. The Balaban J connectivity index is 2.02. The lowest BCUT2D eigenvalue weighted by molar-refractivity contribution is 0.0941. The number of carbonyl (C=O) groups excluding carboxylic acids is 1. The van der Waals surface area contributed by atoms with Gasteiger partial charge >= 0.3 is 0 Å². The Labute approximate surface area is 98.0 Å². The van der Waals surface area contributed by atoms with Gasteiger partial charge in [-0.15, -0.1) is 0 Å². The van der Waals surface area contributed by atoms with Crippen LogP contribution in [0.1, 0.15) is 22.5 Å². The van der Waals surface area contributed by atoms with Gasteiger partial charge in [0, 0.05) is 11.4 Å². The summed E-state index contributed by atoms with van der Waals surface area (Å²) in [5.41, 5.74) is 1.22. The van der Waals surface area contributed by atoms with Gasteiger partial charge < -0.3 is 5.32 Å². The molecule has 16 heavy (non-hydrogen) atoms. The van der Waals surface area contributed by atoms with Crippen LogP contribution in [0.4, 0.5) is 0 Å². The molecule has 0 aliphatic carbocycles. The van der Waals surface area contributed by atoms with Crippen LogP contribution in [0.3, 0.4) is 0 Å². The van der Waals surface area contributed by atoms with Crippen LogP contribution in [0.5, 0.6) is 0 Å². The highest BCUT2D eigenvalue weighted by molar-refractivity contribution is 7.91. The average Bonchev–Trinajstić information content (AvgIpc) is 2.72. The highest BCUT2D eigenvalue weighted by Crippen LogP contribution is 2.14. The number of amides is 1. The molecular weight excluding hydrogens is 248 g/mol. The van der Waals surface area contributed by atoms with Gasteiger partial charge in [0.15, 0.2) is 9.84 Å². The second-order valence-corrected chi connectivity index (χ2v) is 6.74. The van der Waals surface area contributed by atoms with Gasteiger partial charge in [0.05, 0.1) is 22.8 Å². The van der Waals surface area contributed by atoms with Crippen molar-refractivity contribution < 1.29 is 13.2 Å². The first-order valence-electron chi connectivity index (χ1n) is 4.90. The lowest BCUT2D eigenvalue weighted by Gasteiger charge is -2.09. The van der Waals surface area contributed by atoms with E-state index in [2.05, 4.69) is 9.69 Å². The number of nitrogens with one attached hydrogen (secondary N) is 1. The van der Waals surface area contributed by atoms with Crippen LogP contribution in [0.2, 0.25) is 0 Å². The van der Waals surface area contributed by atoms with E-state index in [0.717, 1.165) is 0 Å². The van der Waals surface area contributed by atoms with Gasteiger partial charge in [-0.1, -0.05) is 0 Å². The zero-order valence-electron chi connectivity index (χ0n) is 8.76. The number of hydrogen-bond acceptors (Lipinski definition) is 5. The van der Waals surface area contributed by atoms with Crippen molar-refractivity contribution in [1.82, 2.24) is 9.69 Å². The quantitative estimate of drug-likeness (QED) is 0.833. The molecule has 1 amide bonds. The first-order chi connectivity index (χ1) is 7.48. The minimum Gasteiger partial charge on any atom is -0.348 e. The van der Waals surface area contributed by atoms with Crippen molar-refractivity contribution in [3.63, 3.8) is 0 Å². The van der Waals surface area contributed by atoms with Gasteiger partial charge in [-0.05, 0) is 24.9 Å². The summed E-state index contributed by atoms with van der Waals surface area (Å²) in [7, 11) is -2.95. The number of aromatic nitrogens is 1. The maximum absolute atomic E-state index is 11.8. The van der Waals surface area contributed by atoms with Crippen LogP contribution >= 0.6 is 11.5 Å². The van der Waals surface area contributed by atoms with Gasteiger partial charge in [0.1, 0.15) is 0 Å². The third-order valence-electron chi connectivity index (χ3n) is 2.56. The van der Waals surface area contributed by atoms with E-state index in [9.17, 15) is 13.2 Å². The molecule has 1 fully saturated rings. The number of hydrogen-bond donors (Lipinski definition) is 1. The van der Waals surface area contributed by atoms with Crippen molar-refractivity contribution in [2.45, 2.75) is 19.4 Å². The molecule has 1 unspecified atom stereocenters. The van der Waals surface area contributed by atoms with Gasteiger partial charge in [-0.2, -0.15) is 4.37 Å². The molecule has 0 saturated carbocycles. The topological polar surface area (TPSA) is 76.1 Å². The van der Waals surface area contributed by atoms with Crippen LogP contribution in [0.15, 0.2) is 5.38 Å². The van der Waals surface area contributed by atoms with E-state index in [1.165, 1.54) is 11.5 Å². The number of carbonyl (C=O) groups is 1. The molecular formula is C9H12N2O3S2. The summed E-state index contributed by atoms with van der Waals surface area (Å²) >= 11 is 1.22. The lowest BCUT2D eigenvalue weighted by atomic mass is 10.2. The van der Waals surface area contributed by atoms with Crippen LogP contribution in [0, 0.1) is 6.92 Å². The predicted octanol–water partition coefficient (Wildman–Crippen LogP) is 0.368. The molecule has 1 atom stereocenters. The summed E-state index contributed by atoms with van der Waals surface area (Å²) in [6.45, 7) is 1.76. The summed E-state index contributed by atoms with van der Waals surface area (Å²) in [5.74, 6) is -0.0119. The molecule has 1 aromatic heterocycles. The Kier molecular flexibility index (Phi) is 2.98. The fraction of sp³-hybridized carbons (Fsp3) is 0.556. The first kappa shape index (κ1) is 11.5. The second kappa shape index (κ2) is 4.14. The van der Waals surface area contributed by atoms with Gasteiger partial charge in [-0.25, -0.2) is 8.42 Å². The summed E-state index contributed by atoms with van der Waals surface area (Å²) in [5, 5.41) is 4.40. The van der Waals surface area contributed by atoms with E-state index >= 15 is 0 Å². The van der Waals surface area contributed by atoms with E-state index < -0.39 is 9.84 Å². The fourth-order valence-electron chi connectivity index (χ4n) is 1.68. The zero-order chi connectivity index (χ0) is 11.8. The van der Waals surface area contributed by atoms with E-state index in [4.69, 9.17) is 0 Å². The molecule has 1 aromatic rings. The fourth-order valence-corrected chi connectivity index (χ4v) is 4.05. The Bertz CT molecular complexity index is 507. The molecule has 0 radical (unpaired) electrons. The molecule has 2 rings (SSSR count). The summed E-state index contributed by atoms with van der Waals surface area (Å²) in [6.07, 6.45) is 0.505. The third kappa shape index (κ3) is 2.41. The van der Waals surface area contributed by atoms with Crippen molar-refractivity contribution in [1.29, 1.82) is 0 Å². The van der Waals surface area contributed by atoms with Crippen molar-refractivity contribution in [3.05, 3.63) is 16.6 Å². The monoisotopic (exact) mass is 260 g/mol. The van der Waals surface area contributed by atoms with E-state index in [1.807, 2.05) is 0 Å². The molecule has 0 bridgehead atoms.